The van der Waals surface area contributed by atoms with Crippen LogP contribution in [0.15, 0.2) is 54.6 Å². The molecule has 0 aliphatic heterocycles. The summed E-state index contributed by atoms with van der Waals surface area (Å²) in [6, 6.07) is 15.8. The van der Waals surface area contributed by atoms with E-state index in [0.717, 1.165) is 21.3 Å². The van der Waals surface area contributed by atoms with Crippen LogP contribution in [0, 0.1) is 0 Å². The molecule has 3 rings (SSSR count). The standard InChI is InChI=1S/C19H15Cl3N2O3S/c1-28(26,27)24(18-10-16(21)15(20)9-17(18)22)11-19(25)23-14-7-6-12-4-2-3-5-13(12)8-14/h2-10H,11H2,1H3,(H,23,25). The molecule has 0 radical (unpaired) electrons. The van der Waals surface area contributed by atoms with Crippen molar-refractivity contribution in [3.8, 4) is 0 Å². The molecule has 0 aliphatic carbocycles. The molecule has 1 amide bonds. The maximum absolute atomic E-state index is 12.5. The normalized spacial score (nSPS) is 11.4. The Hall–Kier alpha value is -1.99. The number of anilines is 2. The molecule has 0 fully saturated rings. The topological polar surface area (TPSA) is 66.5 Å². The van der Waals surface area contributed by atoms with Crippen LogP contribution in [0.4, 0.5) is 11.4 Å². The number of rotatable bonds is 5. The predicted octanol–water partition coefficient (Wildman–Crippen LogP) is 5.20. The number of benzene rings is 3. The van der Waals surface area contributed by atoms with Gasteiger partial charge in [-0.25, -0.2) is 8.42 Å². The van der Waals surface area contributed by atoms with E-state index in [1.54, 1.807) is 6.07 Å². The molecule has 0 heterocycles. The highest BCUT2D eigenvalue weighted by atomic mass is 35.5. The number of sulfonamides is 1. The summed E-state index contributed by atoms with van der Waals surface area (Å²) in [5.41, 5.74) is 0.629. The first kappa shape index (κ1) is 20.7. The minimum Gasteiger partial charge on any atom is -0.324 e. The molecular weight excluding hydrogens is 443 g/mol. The molecule has 1 N–H and O–H groups in total. The van der Waals surface area contributed by atoms with E-state index in [0.29, 0.717) is 5.69 Å². The predicted molar refractivity (Wildman–Crippen MR) is 116 cm³/mol. The number of carbonyl (C=O) groups is 1. The molecule has 0 aromatic heterocycles. The quantitative estimate of drug-likeness (QED) is 0.535. The summed E-state index contributed by atoms with van der Waals surface area (Å²) in [6.07, 6.45) is 0.981. The van der Waals surface area contributed by atoms with Crippen LogP contribution in [0.3, 0.4) is 0 Å². The van der Waals surface area contributed by atoms with Gasteiger partial charge in [0.2, 0.25) is 15.9 Å². The monoisotopic (exact) mass is 456 g/mol. The number of amides is 1. The van der Waals surface area contributed by atoms with E-state index in [-0.39, 0.29) is 20.8 Å². The van der Waals surface area contributed by atoms with Crippen molar-refractivity contribution in [1.82, 2.24) is 0 Å². The Balaban J connectivity index is 1.87. The van der Waals surface area contributed by atoms with Gasteiger partial charge in [-0.2, -0.15) is 0 Å². The van der Waals surface area contributed by atoms with Gasteiger partial charge in [0.25, 0.3) is 0 Å². The Morgan fingerprint density at radius 3 is 2.25 bits per heavy atom. The van der Waals surface area contributed by atoms with Crippen LogP contribution in [-0.4, -0.2) is 27.1 Å². The average Bonchev–Trinajstić information content (AvgIpc) is 2.62. The molecule has 0 saturated heterocycles. The fraction of sp³-hybridized carbons (Fsp3) is 0.105. The van der Waals surface area contributed by atoms with Crippen molar-refractivity contribution in [2.24, 2.45) is 0 Å². The highest BCUT2D eigenvalue weighted by Crippen LogP contribution is 2.35. The summed E-state index contributed by atoms with van der Waals surface area (Å²) in [6.45, 7) is -0.469. The number of halogens is 3. The van der Waals surface area contributed by atoms with Crippen LogP contribution in [-0.2, 0) is 14.8 Å². The Bertz CT molecular complexity index is 1170. The molecule has 0 atom stereocenters. The first-order valence-corrected chi connectivity index (χ1v) is 11.0. The molecule has 146 valence electrons. The molecule has 0 unspecified atom stereocenters. The Labute approximate surface area is 177 Å². The van der Waals surface area contributed by atoms with Crippen molar-refractivity contribution in [3.05, 3.63) is 69.7 Å². The average molecular weight is 458 g/mol. The highest BCUT2D eigenvalue weighted by Gasteiger charge is 2.24. The van der Waals surface area contributed by atoms with Gasteiger partial charge in [-0.1, -0.05) is 65.1 Å². The second-order valence-corrected chi connectivity index (χ2v) is 9.23. The number of nitrogens with one attached hydrogen (secondary N) is 1. The molecule has 3 aromatic rings. The molecule has 0 saturated carbocycles. The van der Waals surface area contributed by atoms with Crippen molar-refractivity contribution < 1.29 is 13.2 Å². The lowest BCUT2D eigenvalue weighted by atomic mass is 10.1. The van der Waals surface area contributed by atoms with Gasteiger partial charge < -0.3 is 5.32 Å². The van der Waals surface area contributed by atoms with Crippen molar-refractivity contribution >= 4 is 72.9 Å². The van der Waals surface area contributed by atoms with Crippen LogP contribution < -0.4 is 9.62 Å². The number of carbonyl (C=O) groups excluding carboxylic acids is 1. The van der Waals surface area contributed by atoms with Crippen molar-refractivity contribution in [2.45, 2.75) is 0 Å². The summed E-state index contributed by atoms with van der Waals surface area (Å²) in [5.74, 6) is -0.525. The fourth-order valence-corrected chi connectivity index (χ4v) is 4.24. The molecule has 0 aliphatic rings. The molecule has 3 aromatic carbocycles. The maximum atomic E-state index is 12.5. The van der Waals surface area contributed by atoms with Gasteiger partial charge in [0.05, 0.1) is 27.0 Å². The molecule has 0 bridgehead atoms. The summed E-state index contributed by atoms with van der Waals surface area (Å²) in [5, 5.41) is 5.07. The second-order valence-electron chi connectivity index (χ2n) is 6.10. The minimum absolute atomic E-state index is 0.0679. The SMILES string of the molecule is CS(=O)(=O)N(CC(=O)Nc1ccc2ccccc2c1)c1cc(Cl)c(Cl)cc1Cl. The zero-order chi connectivity index (χ0) is 20.5. The zero-order valence-corrected chi connectivity index (χ0v) is 17.7. The second kappa shape index (κ2) is 8.17. The number of hydrogen-bond donors (Lipinski definition) is 1. The van der Waals surface area contributed by atoms with E-state index in [1.807, 2.05) is 36.4 Å². The van der Waals surface area contributed by atoms with E-state index >= 15 is 0 Å². The van der Waals surface area contributed by atoms with E-state index in [9.17, 15) is 13.2 Å². The van der Waals surface area contributed by atoms with Gasteiger partial charge in [-0.3, -0.25) is 9.10 Å². The summed E-state index contributed by atoms with van der Waals surface area (Å²) in [7, 11) is -3.81. The molecule has 9 heteroatoms. The number of fused-ring (bicyclic) bond motifs is 1. The molecule has 28 heavy (non-hydrogen) atoms. The zero-order valence-electron chi connectivity index (χ0n) is 14.6. The van der Waals surface area contributed by atoms with Gasteiger partial charge in [0, 0.05) is 5.69 Å². The largest absolute Gasteiger partial charge is 0.324 e. The fourth-order valence-electron chi connectivity index (χ4n) is 2.68. The molecule has 5 nitrogen and oxygen atoms in total. The van der Waals surface area contributed by atoms with Crippen LogP contribution in [0.5, 0.6) is 0 Å². The van der Waals surface area contributed by atoms with Gasteiger partial charge in [-0.15, -0.1) is 0 Å². The summed E-state index contributed by atoms with van der Waals surface area (Å²) < 4.78 is 25.4. The van der Waals surface area contributed by atoms with Crippen LogP contribution in [0.25, 0.3) is 10.8 Å². The van der Waals surface area contributed by atoms with E-state index in [1.165, 1.54) is 12.1 Å². The van der Waals surface area contributed by atoms with Crippen molar-refractivity contribution in [1.29, 1.82) is 0 Å². The Morgan fingerprint density at radius 1 is 0.929 bits per heavy atom. The van der Waals surface area contributed by atoms with E-state index < -0.39 is 22.5 Å². The molecule has 0 spiro atoms. The first-order valence-electron chi connectivity index (χ1n) is 8.06. The van der Waals surface area contributed by atoms with Crippen molar-refractivity contribution in [2.75, 3.05) is 22.4 Å². The van der Waals surface area contributed by atoms with Crippen LogP contribution in [0.1, 0.15) is 0 Å². The van der Waals surface area contributed by atoms with E-state index in [4.69, 9.17) is 34.8 Å². The third-order valence-corrected chi connectivity index (χ3v) is 6.13. The van der Waals surface area contributed by atoms with Gasteiger partial charge >= 0.3 is 0 Å². The number of hydrogen-bond acceptors (Lipinski definition) is 3. The lowest BCUT2D eigenvalue weighted by Crippen LogP contribution is -2.37. The van der Waals surface area contributed by atoms with Gasteiger partial charge in [-0.05, 0) is 35.0 Å². The van der Waals surface area contributed by atoms with Crippen molar-refractivity contribution in [3.63, 3.8) is 0 Å². The molecular formula is C19H15Cl3N2O3S. The first-order chi connectivity index (χ1) is 13.1. The third kappa shape index (κ3) is 4.70. The lowest BCUT2D eigenvalue weighted by Gasteiger charge is -2.23. The number of nitrogens with zero attached hydrogens (tertiary/aromatic N) is 1. The summed E-state index contributed by atoms with van der Waals surface area (Å²) in [4.78, 5) is 12.5. The lowest BCUT2D eigenvalue weighted by molar-refractivity contribution is -0.114. The Kier molecular flexibility index (Phi) is 6.05. The maximum Gasteiger partial charge on any atom is 0.245 e. The smallest absolute Gasteiger partial charge is 0.245 e. The minimum atomic E-state index is -3.81. The Morgan fingerprint density at radius 2 is 1.57 bits per heavy atom. The van der Waals surface area contributed by atoms with Crippen LogP contribution >= 0.6 is 34.8 Å². The van der Waals surface area contributed by atoms with E-state index in [2.05, 4.69) is 5.32 Å². The highest BCUT2D eigenvalue weighted by molar-refractivity contribution is 7.92. The van der Waals surface area contributed by atoms with Gasteiger partial charge in [0.1, 0.15) is 6.54 Å². The van der Waals surface area contributed by atoms with Crippen LogP contribution in [0.2, 0.25) is 15.1 Å². The van der Waals surface area contributed by atoms with Gasteiger partial charge in [0.15, 0.2) is 0 Å². The summed E-state index contributed by atoms with van der Waals surface area (Å²) >= 11 is 18.0. The third-order valence-electron chi connectivity index (χ3n) is 3.98.